The zero-order chi connectivity index (χ0) is 18.2. The number of nitrogens with zero attached hydrogens (tertiary/aromatic N) is 4. The molecular formula is C21H24N6. The summed E-state index contributed by atoms with van der Waals surface area (Å²) in [5.74, 6) is 2.50. The van der Waals surface area contributed by atoms with Crippen molar-refractivity contribution in [2.75, 3.05) is 11.9 Å². The fourth-order valence-electron chi connectivity index (χ4n) is 4.24. The average molecular weight is 360 g/mol. The molecule has 2 N–H and O–H groups in total. The number of imidazole rings is 1. The van der Waals surface area contributed by atoms with Gasteiger partial charge in [-0.05, 0) is 30.9 Å². The van der Waals surface area contributed by atoms with Crippen LogP contribution in [-0.4, -0.2) is 31.0 Å². The number of H-pyrrole nitrogens is 1. The summed E-state index contributed by atoms with van der Waals surface area (Å²) in [5.41, 5.74) is 3.97. The quantitative estimate of drug-likeness (QED) is 0.562. The third-order valence-electron chi connectivity index (χ3n) is 5.68. The van der Waals surface area contributed by atoms with Gasteiger partial charge in [0.1, 0.15) is 23.6 Å². The monoisotopic (exact) mass is 360 g/mol. The Hall–Kier alpha value is -2.89. The molecule has 138 valence electrons. The molecule has 1 aromatic carbocycles. The molecule has 1 fully saturated rings. The third-order valence-corrected chi connectivity index (χ3v) is 5.68. The largest absolute Gasteiger partial charge is 0.369 e. The number of nitrogens with one attached hydrogen (secondary N) is 2. The van der Waals surface area contributed by atoms with Gasteiger partial charge in [0.2, 0.25) is 0 Å². The Kier molecular flexibility index (Phi) is 4.03. The summed E-state index contributed by atoms with van der Waals surface area (Å²) in [7, 11) is 2.02. The van der Waals surface area contributed by atoms with Crippen LogP contribution in [0.15, 0.2) is 36.8 Å². The van der Waals surface area contributed by atoms with Gasteiger partial charge in [0, 0.05) is 25.4 Å². The number of benzene rings is 1. The van der Waals surface area contributed by atoms with Crippen molar-refractivity contribution >= 4 is 27.9 Å². The summed E-state index contributed by atoms with van der Waals surface area (Å²) < 4.78 is 2.05. The van der Waals surface area contributed by atoms with Gasteiger partial charge >= 0.3 is 0 Å². The van der Waals surface area contributed by atoms with Crippen molar-refractivity contribution in [3.8, 4) is 11.4 Å². The Labute approximate surface area is 158 Å². The molecule has 27 heavy (non-hydrogen) atoms. The van der Waals surface area contributed by atoms with Gasteiger partial charge in [-0.2, -0.15) is 0 Å². The highest BCUT2D eigenvalue weighted by atomic mass is 15.1. The summed E-state index contributed by atoms with van der Waals surface area (Å²) in [5, 5.41) is 4.65. The molecule has 0 saturated heterocycles. The molecule has 4 aromatic rings. The van der Waals surface area contributed by atoms with Crippen molar-refractivity contribution in [1.82, 2.24) is 24.5 Å². The molecule has 3 aromatic heterocycles. The molecule has 0 bridgehead atoms. The normalized spacial score (nSPS) is 15.6. The van der Waals surface area contributed by atoms with Crippen molar-refractivity contribution < 1.29 is 0 Å². The van der Waals surface area contributed by atoms with Gasteiger partial charge in [-0.3, -0.25) is 0 Å². The van der Waals surface area contributed by atoms with E-state index in [1.54, 1.807) is 6.33 Å². The summed E-state index contributed by atoms with van der Waals surface area (Å²) in [4.78, 5) is 17.3. The number of hydrogen-bond acceptors (Lipinski definition) is 4. The first-order chi connectivity index (χ1) is 13.3. The van der Waals surface area contributed by atoms with E-state index >= 15 is 0 Å². The number of para-hydroxylation sites is 2. The number of aryl methyl sites for hydroxylation is 1. The molecule has 0 unspecified atom stereocenters. The van der Waals surface area contributed by atoms with Crippen LogP contribution in [0.4, 0.5) is 5.82 Å². The van der Waals surface area contributed by atoms with Crippen molar-refractivity contribution in [2.45, 2.75) is 32.1 Å². The van der Waals surface area contributed by atoms with Crippen LogP contribution in [0.3, 0.4) is 0 Å². The lowest BCUT2D eigenvalue weighted by Gasteiger charge is -2.22. The Morgan fingerprint density at radius 1 is 1.15 bits per heavy atom. The predicted molar refractivity (Wildman–Crippen MR) is 109 cm³/mol. The van der Waals surface area contributed by atoms with E-state index < -0.39 is 0 Å². The smallest absolute Gasteiger partial charge is 0.145 e. The Balaban J connectivity index is 1.56. The lowest BCUT2D eigenvalue weighted by Crippen LogP contribution is -2.17. The second-order valence-corrected chi connectivity index (χ2v) is 7.56. The van der Waals surface area contributed by atoms with Crippen LogP contribution in [-0.2, 0) is 7.05 Å². The lowest BCUT2D eigenvalue weighted by atomic mass is 9.89. The van der Waals surface area contributed by atoms with Crippen molar-refractivity contribution in [2.24, 2.45) is 13.0 Å². The summed E-state index contributed by atoms with van der Waals surface area (Å²) in [6.45, 7) is 0.973. The molecule has 0 spiro atoms. The Bertz CT molecular complexity index is 1050. The molecule has 1 aliphatic carbocycles. The zero-order valence-electron chi connectivity index (χ0n) is 15.6. The molecule has 3 heterocycles. The fraction of sp³-hybridized carbons (Fsp3) is 0.381. The number of aromatic amines is 1. The Morgan fingerprint density at radius 2 is 2.00 bits per heavy atom. The number of aromatic nitrogens is 5. The molecule has 5 rings (SSSR count). The third kappa shape index (κ3) is 2.95. The van der Waals surface area contributed by atoms with Gasteiger partial charge in [-0.1, -0.05) is 31.4 Å². The average Bonchev–Trinajstić information content (AvgIpc) is 3.29. The predicted octanol–water partition coefficient (Wildman–Crippen LogP) is 4.50. The molecule has 0 aliphatic heterocycles. The molecule has 6 heteroatoms. The minimum Gasteiger partial charge on any atom is -0.369 e. The second kappa shape index (κ2) is 6.68. The van der Waals surface area contributed by atoms with E-state index in [1.807, 2.05) is 29.8 Å². The zero-order valence-corrected chi connectivity index (χ0v) is 15.6. The van der Waals surface area contributed by atoms with E-state index in [9.17, 15) is 0 Å². The van der Waals surface area contributed by atoms with Crippen molar-refractivity contribution in [3.05, 3.63) is 36.8 Å². The minimum absolute atomic E-state index is 0.738. The van der Waals surface area contributed by atoms with E-state index in [1.165, 1.54) is 32.1 Å². The first-order valence-electron chi connectivity index (χ1n) is 9.78. The number of fused-ring (bicyclic) bond motifs is 2. The fourth-order valence-corrected chi connectivity index (χ4v) is 4.24. The number of rotatable bonds is 4. The van der Waals surface area contributed by atoms with Crippen LogP contribution in [0.2, 0.25) is 0 Å². The van der Waals surface area contributed by atoms with E-state index in [4.69, 9.17) is 4.98 Å². The van der Waals surface area contributed by atoms with Gasteiger partial charge in [0.05, 0.1) is 16.4 Å². The van der Waals surface area contributed by atoms with Crippen LogP contribution in [0.25, 0.3) is 33.5 Å². The second-order valence-electron chi connectivity index (χ2n) is 7.56. The molecule has 1 aliphatic rings. The summed E-state index contributed by atoms with van der Waals surface area (Å²) in [6.07, 6.45) is 10.4. The Morgan fingerprint density at radius 3 is 2.85 bits per heavy atom. The maximum atomic E-state index is 4.79. The van der Waals surface area contributed by atoms with Crippen LogP contribution < -0.4 is 5.32 Å². The highest BCUT2D eigenvalue weighted by molar-refractivity contribution is 6.01. The molecule has 0 atom stereocenters. The van der Waals surface area contributed by atoms with E-state index in [-0.39, 0.29) is 0 Å². The number of hydrogen-bond donors (Lipinski definition) is 2. The van der Waals surface area contributed by atoms with Crippen molar-refractivity contribution in [1.29, 1.82) is 0 Å². The molecule has 6 nitrogen and oxygen atoms in total. The SMILES string of the molecule is Cn1cc(-c2nc3ccccc3[nH]2)c2c(NCC3CCCCC3)ncnc21. The standard InChI is InChI=1S/C21H24N6/c1-27-12-15(19-25-16-9-5-6-10-17(16)26-19)18-20(23-13-24-21(18)27)22-11-14-7-3-2-4-8-14/h5-6,9-10,12-14H,2-4,7-8,11H2,1H3,(H,25,26)(H,22,23,24). The molecule has 0 amide bonds. The summed E-state index contributed by atoms with van der Waals surface area (Å²) in [6, 6.07) is 8.11. The lowest BCUT2D eigenvalue weighted by molar-refractivity contribution is 0.373. The molecular weight excluding hydrogens is 336 g/mol. The van der Waals surface area contributed by atoms with Crippen LogP contribution >= 0.6 is 0 Å². The van der Waals surface area contributed by atoms with Gasteiger partial charge in [0.25, 0.3) is 0 Å². The van der Waals surface area contributed by atoms with Gasteiger partial charge in [0.15, 0.2) is 0 Å². The number of anilines is 1. The van der Waals surface area contributed by atoms with E-state index in [0.29, 0.717) is 0 Å². The maximum absolute atomic E-state index is 4.79. The van der Waals surface area contributed by atoms with Crippen LogP contribution in [0, 0.1) is 5.92 Å². The first-order valence-corrected chi connectivity index (χ1v) is 9.78. The van der Waals surface area contributed by atoms with Gasteiger partial charge in [-0.25, -0.2) is 15.0 Å². The van der Waals surface area contributed by atoms with Gasteiger partial charge in [-0.15, -0.1) is 0 Å². The summed E-state index contributed by atoms with van der Waals surface area (Å²) >= 11 is 0. The van der Waals surface area contributed by atoms with Crippen molar-refractivity contribution in [3.63, 3.8) is 0 Å². The first kappa shape index (κ1) is 16.3. The van der Waals surface area contributed by atoms with Crippen LogP contribution in [0.1, 0.15) is 32.1 Å². The highest BCUT2D eigenvalue weighted by Gasteiger charge is 2.19. The molecule has 0 radical (unpaired) electrons. The van der Waals surface area contributed by atoms with E-state index in [2.05, 4.69) is 32.5 Å². The molecule has 1 saturated carbocycles. The minimum atomic E-state index is 0.738. The topological polar surface area (TPSA) is 71.4 Å². The van der Waals surface area contributed by atoms with E-state index in [0.717, 1.165) is 51.7 Å². The van der Waals surface area contributed by atoms with Gasteiger partial charge < -0.3 is 14.9 Å². The van der Waals surface area contributed by atoms with Crippen LogP contribution in [0.5, 0.6) is 0 Å². The highest BCUT2D eigenvalue weighted by Crippen LogP contribution is 2.33. The maximum Gasteiger partial charge on any atom is 0.145 e.